The van der Waals surface area contributed by atoms with Crippen molar-refractivity contribution in [1.82, 2.24) is 24.1 Å². The third kappa shape index (κ3) is 5.29. The van der Waals surface area contributed by atoms with Crippen LogP contribution in [0.5, 0.6) is 0 Å². The summed E-state index contributed by atoms with van der Waals surface area (Å²) in [6.07, 6.45) is 1.87. The topological polar surface area (TPSA) is 48.5 Å². The fourth-order valence-electron chi connectivity index (χ4n) is 8.14. The van der Waals surface area contributed by atoms with Gasteiger partial charge in [-0.2, -0.15) is 0 Å². The summed E-state index contributed by atoms with van der Waals surface area (Å²) in [6.45, 7) is 0. The van der Waals surface area contributed by atoms with Crippen LogP contribution in [-0.4, -0.2) is 24.1 Å². The highest BCUT2D eigenvalue weighted by atomic mass is 15.0. The van der Waals surface area contributed by atoms with Crippen molar-refractivity contribution in [3.05, 3.63) is 200 Å². The number of hydrogen-bond donors (Lipinski definition) is 0. The number of benzene rings is 7. The summed E-state index contributed by atoms with van der Waals surface area (Å²) in [5, 5.41) is 4.76. The number of nitrogens with zero attached hydrogens (tertiary/aromatic N) is 5. The first kappa shape index (κ1) is 31.9. The van der Waals surface area contributed by atoms with Crippen LogP contribution in [0.1, 0.15) is 0 Å². The maximum atomic E-state index is 5.05. The van der Waals surface area contributed by atoms with Gasteiger partial charge < -0.3 is 4.57 Å². The molecule has 5 heteroatoms. The van der Waals surface area contributed by atoms with Crippen molar-refractivity contribution >= 4 is 43.7 Å². The van der Waals surface area contributed by atoms with E-state index in [0.717, 1.165) is 67.0 Å². The first-order chi connectivity index (χ1) is 27.8. The molecular weight excluding hydrogens is 683 g/mol. The van der Waals surface area contributed by atoms with Crippen molar-refractivity contribution in [1.29, 1.82) is 0 Å². The molecule has 0 saturated heterocycles. The molecule has 11 rings (SSSR count). The molecule has 7 aromatic carbocycles. The minimum absolute atomic E-state index is 0.685. The summed E-state index contributed by atoms with van der Waals surface area (Å²) < 4.78 is 4.63. The second kappa shape index (κ2) is 13.0. The van der Waals surface area contributed by atoms with Gasteiger partial charge in [0.15, 0.2) is 5.82 Å². The second-order valence-corrected chi connectivity index (χ2v) is 14.1. The van der Waals surface area contributed by atoms with Crippen molar-refractivity contribution in [2.24, 2.45) is 0 Å². The summed E-state index contributed by atoms with van der Waals surface area (Å²) in [5.74, 6) is 0.685. The molecule has 0 bridgehead atoms. The van der Waals surface area contributed by atoms with Gasteiger partial charge in [-0.3, -0.25) is 4.57 Å². The van der Waals surface area contributed by atoms with Gasteiger partial charge in [0.25, 0.3) is 0 Å². The average molecular weight is 716 g/mol. The molecule has 0 amide bonds. The predicted octanol–water partition coefficient (Wildman–Crippen LogP) is 12.7. The first-order valence-corrected chi connectivity index (χ1v) is 18.9. The zero-order chi connectivity index (χ0) is 37.0. The van der Waals surface area contributed by atoms with Gasteiger partial charge in [0, 0.05) is 55.8 Å². The number of fused-ring (bicyclic) bond motifs is 6. The number of aromatic nitrogens is 5. The molecule has 0 atom stereocenters. The van der Waals surface area contributed by atoms with Gasteiger partial charge in [0.05, 0.1) is 27.9 Å². The third-order valence-corrected chi connectivity index (χ3v) is 10.8. The lowest BCUT2D eigenvalue weighted by atomic mass is 10.0. The van der Waals surface area contributed by atoms with Gasteiger partial charge >= 0.3 is 0 Å². The zero-order valence-electron chi connectivity index (χ0n) is 30.3. The third-order valence-electron chi connectivity index (χ3n) is 10.8. The predicted molar refractivity (Wildman–Crippen MR) is 230 cm³/mol. The van der Waals surface area contributed by atoms with Crippen LogP contribution >= 0.6 is 0 Å². The molecule has 0 fully saturated rings. The van der Waals surface area contributed by atoms with E-state index in [1.165, 1.54) is 27.4 Å². The van der Waals surface area contributed by atoms with E-state index in [9.17, 15) is 0 Å². The lowest BCUT2D eigenvalue weighted by Crippen LogP contribution is -1.98. The van der Waals surface area contributed by atoms with Crippen LogP contribution in [0.4, 0.5) is 0 Å². The van der Waals surface area contributed by atoms with E-state index >= 15 is 0 Å². The van der Waals surface area contributed by atoms with E-state index in [1.807, 2.05) is 48.7 Å². The Labute approximate surface area is 323 Å². The Morgan fingerprint density at radius 1 is 0.321 bits per heavy atom. The highest BCUT2D eigenvalue weighted by Gasteiger charge is 2.17. The minimum Gasteiger partial charge on any atom is -0.309 e. The Morgan fingerprint density at radius 2 is 0.875 bits per heavy atom. The molecule has 0 radical (unpaired) electrons. The summed E-state index contributed by atoms with van der Waals surface area (Å²) in [6, 6.07) is 68.3. The molecule has 0 aliphatic heterocycles. The standard InChI is InChI=1S/C51H33N5/c1-4-13-34(14-5-1)45-33-46(35-15-6-2-7-16-35)54-50(53-45)36-22-26-40(27-23-36)56-48-29-25-37(31-44(48)43-20-12-30-52-51(43)56)38-24-28-42-41-19-10-11-21-47(41)55(49(42)32-38)39-17-8-3-9-18-39/h1-33H. The van der Waals surface area contributed by atoms with Crippen molar-refractivity contribution < 1.29 is 0 Å². The number of rotatable bonds is 6. The van der Waals surface area contributed by atoms with E-state index in [0.29, 0.717) is 5.82 Å². The van der Waals surface area contributed by atoms with Crippen LogP contribution < -0.4 is 0 Å². The SMILES string of the molecule is c1ccc(-c2cc(-c3ccccc3)nc(-c3ccc(-n4c5ccc(-c6ccc7c8ccccc8n(-c8ccccc8)c7c6)cc5c5cccnc54)cc3)n2)cc1. The monoisotopic (exact) mass is 715 g/mol. The number of hydrogen-bond acceptors (Lipinski definition) is 3. The molecule has 0 N–H and O–H groups in total. The number of pyridine rings is 1. The van der Waals surface area contributed by atoms with Crippen molar-refractivity contribution in [2.45, 2.75) is 0 Å². The molecule has 0 saturated carbocycles. The number of para-hydroxylation sites is 2. The van der Waals surface area contributed by atoms with Crippen LogP contribution in [0.15, 0.2) is 200 Å². The summed E-state index contributed by atoms with van der Waals surface area (Å²) in [4.78, 5) is 15.0. The van der Waals surface area contributed by atoms with Gasteiger partial charge in [0.2, 0.25) is 0 Å². The lowest BCUT2D eigenvalue weighted by molar-refractivity contribution is 1.13. The molecule has 0 aliphatic carbocycles. The summed E-state index contributed by atoms with van der Waals surface area (Å²) in [5.41, 5.74) is 13.7. The molecule has 0 unspecified atom stereocenters. The Morgan fingerprint density at radius 3 is 1.61 bits per heavy atom. The Hall–Kier alpha value is -7.63. The summed E-state index contributed by atoms with van der Waals surface area (Å²) in [7, 11) is 0. The van der Waals surface area contributed by atoms with Gasteiger partial charge in [-0.05, 0) is 90.0 Å². The highest BCUT2D eigenvalue weighted by molar-refractivity contribution is 6.12. The van der Waals surface area contributed by atoms with Gasteiger partial charge in [-0.15, -0.1) is 0 Å². The minimum atomic E-state index is 0.685. The van der Waals surface area contributed by atoms with Crippen molar-refractivity contribution in [3.63, 3.8) is 0 Å². The van der Waals surface area contributed by atoms with Gasteiger partial charge in [-0.1, -0.05) is 115 Å². The van der Waals surface area contributed by atoms with Crippen LogP contribution in [-0.2, 0) is 0 Å². The highest BCUT2D eigenvalue weighted by Crippen LogP contribution is 2.38. The van der Waals surface area contributed by atoms with Crippen LogP contribution in [0.3, 0.4) is 0 Å². The molecule has 0 spiro atoms. The van der Waals surface area contributed by atoms with Gasteiger partial charge in [-0.25, -0.2) is 15.0 Å². The molecular formula is C51H33N5. The largest absolute Gasteiger partial charge is 0.309 e. The van der Waals surface area contributed by atoms with Gasteiger partial charge in [0.1, 0.15) is 5.65 Å². The van der Waals surface area contributed by atoms with Crippen LogP contribution in [0.25, 0.3) is 100 Å². The molecule has 56 heavy (non-hydrogen) atoms. The normalized spacial score (nSPS) is 11.6. The lowest BCUT2D eigenvalue weighted by Gasteiger charge is -2.11. The second-order valence-electron chi connectivity index (χ2n) is 14.1. The maximum absolute atomic E-state index is 5.05. The molecule has 11 aromatic rings. The first-order valence-electron chi connectivity index (χ1n) is 18.9. The molecule has 4 aromatic heterocycles. The fraction of sp³-hybridized carbons (Fsp3) is 0. The zero-order valence-corrected chi connectivity index (χ0v) is 30.3. The van der Waals surface area contributed by atoms with Crippen LogP contribution in [0.2, 0.25) is 0 Å². The molecule has 4 heterocycles. The van der Waals surface area contributed by atoms with Crippen molar-refractivity contribution in [3.8, 4) is 56.4 Å². The average Bonchev–Trinajstić information content (AvgIpc) is 3.79. The fourth-order valence-corrected chi connectivity index (χ4v) is 8.14. The van der Waals surface area contributed by atoms with Crippen LogP contribution in [0, 0.1) is 0 Å². The van der Waals surface area contributed by atoms with E-state index < -0.39 is 0 Å². The molecule has 5 nitrogen and oxygen atoms in total. The van der Waals surface area contributed by atoms with Crippen molar-refractivity contribution in [2.75, 3.05) is 0 Å². The quantitative estimate of drug-likeness (QED) is 0.172. The Kier molecular flexibility index (Phi) is 7.42. The van der Waals surface area contributed by atoms with E-state index in [1.54, 1.807) is 0 Å². The van der Waals surface area contributed by atoms with E-state index in [4.69, 9.17) is 15.0 Å². The van der Waals surface area contributed by atoms with E-state index in [2.05, 4.69) is 161 Å². The Bertz CT molecular complexity index is 3160. The Balaban J connectivity index is 1.02. The smallest absolute Gasteiger partial charge is 0.160 e. The van der Waals surface area contributed by atoms with E-state index in [-0.39, 0.29) is 0 Å². The summed E-state index contributed by atoms with van der Waals surface area (Å²) >= 11 is 0. The maximum Gasteiger partial charge on any atom is 0.160 e. The molecule has 0 aliphatic rings. The molecule has 262 valence electrons.